The zero-order valence-electron chi connectivity index (χ0n) is 13.1. The van der Waals surface area contributed by atoms with Gasteiger partial charge in [0.1, 0.15) is 6.54 Å². The first-order chi connectivity index (χ1) is 11.5. The Balaban J connectivity index is 1.69. The number of carbonyl (C=O) groups excluding carboxylic acids is 2. The molecule has 0 spiro atoms. The zero-order chi connectivity index (χ0) is 17.2. The molecule has 0 bridgehead atoms. The van der Waals surface area contributed by atoms with Crippen molar-refractivity contribution in [2.45, 2.75) is 17.7 Å². The van der Waals surface area contributed by atoms with Crippen molar-refractivity contribution in [2.24, 2.45) is 0 Å². The van der Waals surface area contributed by atoms with Gasteiger partial charge >= 0.3 is 0 Å². The van der Waals surface area contributed by atoms with Crippen LogP contribution >= 0.6 is 11.8 Å². The number of anilines is 1. The van der Waals surface area contributed by atoms with Gasteiger partial charge in [0.2, 0.25) is 15.9 Å². The van der Waals surface area contributed by atoms with Crippen molar-refractivity contribution in [1.29, 1.82) is 0 Å². The number of rotatable bonds is 5. The van der Waals surface area contributed by atoms with Gasteiger partial charge in [-0.2, -0.15) is 4.31 Å². The Morgan fingerprint density at radius 1 is 1.21 bits per heavy atom. The highest BCUT2D eigenvalue weighted by atomic mass is 32.2. The number of nitrogens with zero attached hydrogens (tertiary/aromatic N) is 2. The summed E-state index contributed by atoms with van der Waals surface area (Å²) in [5.41, 5.74) is 0.416. The van der Waals surface area contributed by atoms with E-state index in [1.54, 1.807) is 12.1 Å². The molecule has 2 fully saturated rings. The van der Waals surface area contributed by atoms with Gasteiger partial charge in [0, 0.05) is 31.1 Å². The van der Waals surface area contributed by atoms with Crippen LogP contribution in [0.3, 0.4) is 0 Å². The minimum absolute atomic E-state index is 0.0189. The Morgan fingerprint density at radius 2 is 1.96 bits per heavy atom. The van der Waals surface area contributed by atoms with Crippen molar-refractivity contribution in [3.05, 3.63) is 24.3 Å². The van der Waals surface area contributed by atoms with Crippen LogP contribution in [0.1, 0.15) is 12.8 Å². The maximum absolute atomic E-state index is 12.6. The monoisotopic (exact) mass is 369 g/mol. The molecule has 1 aromatic carbocycles. The molecule has 2 aliphatic rings. The minimum Gasteiger partial charge on any atom is -0.325 e. The molecule has 7 nitrogen and oxygen atoms in total. The predicted octanol–water partition coefficient (Wildman–Crippen LogP) is 1.58. The van der Waals surface area contributed by atoms with Gasteiger partial charge in [-0.3, -0.25) is 9.59 Å². The highest BCUT2D eigenvalue weighted by Gasteiger charge is 2.27. The van der Waals surface area contributed by atoms with Crippen molar-refractivity contribution in [2.75, 3.05) is 37.2 Å². The van der Waals surface area contributed by atoms with Crippen LogP contribution in [0.5, 0.6) is 0 Å². The molecule has 0 aromatic heterocycles. The second kappa shape index (κ2) is 7.12. The Labute approximate surface area is 145 Å². The molecule has 0 aliphatic carbocycles. The van der Waals surface area contributed by atoms with Crippen LogP contribution < -0.4 is 5.32 Å². The summed E-state index contributed by atoms with van der Waals surface area (Å²) in [5, 5.41) is 2.57. The first kappa shape index (κ1) is 17.2. The van der Waals surface area contributed by atoms with Crippen molar-refractivity contribution >= 4 is 38.6 Å². The Kier molecular flexibility index (Phi) is 5.12. The second-order valence-electron chi connectivity index (χ2n) is 5.72. The van der Waals surface area contributed by atoms with Gasteiger partial charge in [0.25, 0.3) is 5.24 Å². The van der Waals surface area contributed by atoms with E-state index in [-0.39, 0.29) is 22.6 Å². The van der Waals surface area contributed by atoms with Crippen LogP contribution in [0, 0.1) is 0 Å². The van der Waals surface area contributed by atoms with Crippen molar-refractivity contribution < 1.29 is 18.0 Å². The molecule has 2 saturated heterocycles. The van der Waals surface area contributed by atoms with Gasteiger partial charge in [-0.1, -0.05) is 17.8 Å². The number of amides is 2. The van der Waals surface area contributed by atoms with Crippen molar-refractivity contribution in [3.8, 4) is 0 Å². The van der Waals surface area contributed by atoms with Gasteiger partial charge in [-0.15, -0.1) is 0 Å². The molecule has 0 unspecified atom stereocenters. The summed E-state index contributed by atoms with van der Waals surface area (Å²) >= 11 is 1.20. The standard InChI is InChI=1S/C15H19N3O4S2/c19-14(11-17-8-9-23-15(17)20)16-12-4-3-5-13(10-12)24(21,22)18-6-1-2-7-18/h3-5,10H,1-2,6-9,11H2,(H,16,19). The number of sulfonamides is 1. The smallest absolute Gasteiger partial charge is 0.282 e. The van der Waals surface area contributed by atoms with Crippen molar-refractivity contribution in [3.63, 3.8) is 0 Å². The maximum atomic E-state index is 12.6. The third kappa shape index (κ3) is 3.73. The largest absolute Gasteiger partial charge is 0.325 e. The molecule has 9 heteroatoms. The molecule has 0 saturated carbocycles. The molecule has 2 aliphatic heterocycles. The molecule has 1 aromatic rings. The molecule has 2 amide bonds. The zero-order valence-corrected chi connectivity index (χ0v) is 14.7. The van der Waals surface area contributed by atoms with Gasteiger partial charge < -0.3 is 10.2 Å². The quantitative estimate of drug-likeness (QED) is 0.851. The molecular weight excluding hydrogens is 350 g/mol. The average molecular weight is 369 g/mol. The van der Waals surface area contributed by atoms with E-state index in [9.17, 15) is 18.0 Å². The lowest BCUT2D eigenvalue weighted by atomic mass is 10.3. The molecule has 0 atom stereocenters. The summed E-state index contributed by atoms with van der Waals surface area (Å²) < 4.78 is 26.6. The third-order valence-corrected chi connectivity index (χ3v) is 6.79. The van der Waals surface area contributed by atoms with Gasteiger partial charge in [0.15, 0.2) is 0 Å². The van der Waals surface area contributed by atoms with E-state index < -0.39 is 10.0 Å². The predicted molar refractivity (Wildman–Crippen MR) is 92.5 cm³/mol. The van der Waals surface area contributed by atoms with Crippen LogP contribution in [-0.2, 0) is 14.8 Å². The topological polar surface area (TPSA) is 86.8 Å². The summed E-state index contributed by atoms with van der Waals surface area (Å²) in [6.07, 6.45) is 1.75. The lowest BCUT2D eigenvalue weighted by molar-refractivity contribution is -0.116. The van der Waals surface area contributed by atoms with Crippen LogP contribution in [0.2, 0.25) is 0 Å². The number of hydrogen-bond acceptors (Lipinski definition) is 5. The summed E-state index contributed by atoms with van der Waals surface area (Å²) in [6.45, 7) is 1.61. The second-order valence-corrected chi connectivity index (χ2v) is 8.71. The normalized spacial score (nSPS) is 19.0. The molecule has 130 valence electrons. The van der Waals surface area contributed by atoms with Gasteiger partial charge in [-0.25, -0.2) is 8.42 Å². The Hall–Kier alpha value is -1.58. The fraction of sp³-hybridized carbons (Fsp3) is 0.467. The van der Waals surface area contributed by atoms with E-state index in [1.807, 2.05) is 0 Å². The SMILES string of the molecule is O=C(CN1CCSC1=O)Nc1cccc(S(=O)(=O)N2CCCC2)c1. The fourth-order valence-corrected chi connectivity index (χ4v) is 5.14. The molecule has 3 rings (SSSR count). The van der Waals surface area contributed by atoms with Crippen molar-refractivity contribution in [1.82, 2.24) is 9.21 Å². The van der Waals surface area contributed by atoms with Gasteiger partial charge in [0.05, 0.1) is 4.90 Å². The molecule has 2 heterocycles. The van der Waals surface area contributed by atoms with Crippen LogP contribution in [0.15, 0.2) is 29.2 Å². The Bertz CT molecular complexity index is 745. The molecule has 24 heavy (non-hydrogen) atoms. The van der Waals surface area contributed by atoms with Gasteiger partial charge in [-0.05, 0) is 31.0 Å². The first-order valence-corrected chi connectivity index (χ1v) is 10.2. The lowest BCUT2D eigenvalue weighted by Gasteiger charge is -2.17. The van der Waals surface area contributed by atoms with Crippen LogP contribution in [0.25, 0.3) is 0 Å². The van der Waals surface area contributed by atoms with E-state index in [4.69, 9.17) is 0 Å². The van der Waals surface area contributed by atoms with E-state index in [2.05, 4.69) is 5.32 Å². The van der Waals surface area contributed by atoms with Crippen LogP contribution in [0.4, 0.5) is 10.5 Å². The first-order valence-electron chi connectivity index (χ1n) is 7.78. The number of thioether (sulfide) groups is 1. The number of hydrogen-bond donors (Lipinski definition) is 1. The molecule has 1 N–H and O–H groups in total. The van der Waals surface area contributed by atoms with E-state index in [0.717, 1.165) is 12.8 Å². The van der Waals surface area contributed by atoms with Crippen LogP contribution in [-0.4, -0.2) is 60.7 Å². The number of carbonyl (C=O) groups is 2. The Morgan fingerprint density at radius 3 is 2.62 bits per heavy atom. The summed E-state index contributed by atoms with van der Waals surface area (Å²) in [4.78, 5) is 25.2. The number of benzene rings is 1. The third-order valence-electron chi connectivity index (χ3n) is 4.00. The van der Waals surface area contributed by atoms with E-state index in [0.29, 0.717) is 31.1 Å². The summed E-state index contributed by atoms with van der Waals surface area (Å²) in [6, 6.07) is 6.24. The summed E-state index contributed by atoms with van der Waals surface area (Å²) in [5.74, 6) is 0.358. The average Bonchev–Trinajstić information content (AvgIpc) is 3.20. The molecular formula is C15H19N3O4S2. The highest BCUT2D eigenvalue weighted by Crippen LogP contribution is 2.23. The number of nitrogens with one attached hydrogen (secondary N) is 1. The fourth-order valence-electron chi connectivity index (χ4n) is 2.76. The van der Waals surface area contributed by atoms with E-state index >= 15 is 0 Å². The summed E-state index contributed by atoms with van der Waals surface area (Å²) in [7, 11) is -3.51. The minimum atomic E-state index is -3.51. The maximum Gasteiger partial charge on any atom is 0.282 e. The lowest BCUT2D eigenvalue weighted by Crippen LogP contribution is -2.33. The highest BCUT2D eigenvalue weighted by molar-refractivity contribution is 8.13. The van der Waals surface area contributed by atoms with E-state index in [1.165, 1.54) is 33.1 Å². The molecule has 0 radical (unpaired) electrons.